The van der Waals surface area contributed by atoms with E-state index in [9.17, 15) is 30.8 Å². The monoisotopic (exact) mass is 490 g/mol. The van der Waals surface area contributed by atoms with Gasteiger partial charge in [-0.1, -0.05) is 31.2 Å². The molecular formula is C21H22F4N2O5S. The Bertz CT molecular complexity index is 1100. The second-order valence-corrected chi connectivity index (χ2v) is 8.91. The number of aliphatic carboxylic acids is 1. The van der Waals surface area contributed by atoms with E-state index in [2.05, 4.69) is 10.0 Å². The molecule has 3 rings (SSSR count). The first-order chi connectivity index (χ1) is 15.3. The molecule has 2 aromatic carbocycles. The second kappa shape index (κ2) is 10.2. The van der Waals surface area contributed by atoms with Crippen molar-refractivity contribution in [3.63, 3.8) is 0 Å². The quantitative estimate of drug-likeness (QED) is 0.511. The van der Waals surface area contributed by atoms with Crippen molar-refractivity contribution in [2.24, 2.45) is 0 Å². The fourth-order valence-corrected chi connectivity index (χ4v) is 4.05. The number of alkyl halides is 3. The van der Waals surface area contributed by atoms with Crippen molar-refractivity contribution in [2.75, 3.05) is 11.3 Å². The van der Waals surface area contributed by atoms with Gasteiger partial charge in [0.05, 0.1) is 5.41 Å². The predicted molar refractivity (Wildman–Crippen MR) is 112 cm³/mol. The molecule has 0 radical (unpaired) electrons. The van der Waals surface area contributed by atoms with Gasteiger partial charge in [0, 0.05) is 12.2 Å². The van der Waals surface area contributed by atoms with Gasteiger partial charge in [0.1, 0.15) is 10.7 Å². The fourth-order valence-electron chi connectivity index (χ4n) is 2.91. The van der Waals surface area contributed by atoms with E-state index >= 15 is 0 Å². The number of amides is 1. The van der Waals surface area contributed by atoms with Crippen molar-refractivity contribution in [1.29, 1.82) is 0 Å². The van der Waals surface area contributed by atoms with E-state index in [-0.39, 0.29) is 5.91 Å². The third kappa shape index (κ3) is 6.67. The number of hydrogen-bond acceptors (Lipinski definition) is 4. The van der Waals surface area contributed by atoms with Gasteiger partial charge >= 0.3 is 12.1 Å². The highest BCUT2D eigenvalue weighted by atomic mass is 32.2. The zero-order valence-corrected chi connectivity index (χ0v) is 18.3. The number of carboxylic acid groups (broad SMARTS) is 1. The second-order valence-electron chi connectivity index (χ2n) is 7.25. The summed E-state index contributed by atoms with van der Waals surface area (Å²) in [5.74, 6) is -3.55. The summed E-state index contributed by atoms with van der Waals surface area (Å²) in [5.41, 5.74) is 0.680. The van der Waals surface area contributed by atoms with Gasteiger partial charge in [-0.05, 0) is 49.1 Å². The molecule has 12 heteroatoms. The highest BCUT2D eigenvalue weighted by Gasteiger charge is 2.51. The van der Waals surface area contributed by atoms with Crippen LogP contribution < -0.4 is 10.0 Å². The summed E-state index contributed by atoms with van der Waals surface area (Å²) >= 11 is 0. The molecule has 0 spiro atoms. The lowest BCUT2D eigenvalue weighted by molar-refractivity contribution is -0.192. The van der Waals surface area contributed by atoms with Crippen molar-refractivity contribution in [3.8, 4) is 0 Å². The Hall–Kier alpha value is -3.15. The Kier molecular flexibility index (Phi) is 8.06. The molecule has 0 bridgehead atoms. The van der Waals surface area contributed by atoms with E-state index in [1.165, 1.54) is 18.2 Å². The molecule has 180 valence electrons. The van der Waals surface area contributed by atoms with E-state index in [4.69, 9.17) is 9.90 Å². The van der Waals surface area contributed by atoms with Crippen LogP contribution in [-0.2, 0) is 25.0 Å². The highest BCUT2D eigenvalue weighted by Crippen LogP contribution is 2.48. The van der Waals surface area contributed by atoms with Gasteiger partial charge in [-0.2, -0.15) is 13.2 Å². The van der Waals surface area contributed by atoms with Crippen LogP contribution in [0.2, 0.25) is 0 Å². The Labute approximate surface area is 187 Å². The molecular weight excluding hydrogens is 468 g/mol. The van der Waals surface area contributed by atoms with Crippen molar-refractivity contribution in [1.82, 2.24) is 5.32 Å². The summed E-state index contributed by atoms with van der Waals surface area (Å²) in [4.78, 5) is 20.9. The number of sulfonamides is 1. The van der Waals surface area contributed by atoms with Crippen molar-refractivity contribution < 1.29 is 40.7 Å². The Balaban J connectivity index is 0.000000479. The average Bonchev–Trinajstić information content (AvgIpc) is 3.54. The lowest BCUT2D eigenvalue weighted by Gasteiger charge is -2.16. The normalized spacial score (nSPS) is 14.5. The van der Waals surface area contributed by atoms with Crippen molar-refractivity contribution in [2.45, 2.75) is 42.7 Å². The van der Waals surface area contributed by atoms with Gasteiger partial charge in [-0.3, -0.25) is 9.52 Å². The van der Waals surface area contributed by atoms with Gasteiger partial charge in [-0.15, -0.1) is 0 Å². The van der Waals surface area contributed by atoms with Crippen LogP contribution in [0, 0.1) is 5.82 Å². The number of carbonyl (C=O) groups is 2. The first-order valence-electron chi connectivity index (χ1n) is 9.80. The minimum absolute atomic E-state index is 0.0130. The van der Waals surface area contributed by atoms with Crippen LogP contribution in [0.4, 0.5) is 23.2 Å². The van der Waals surface area contributed by atoms with Gasteiger partial charge in [0.15, 0.2) is 0 Å². The van der Waals surface area contributed by atoms with Crippen LogP contribution in [0.25, 0.3) is 0 Å². The molecule has 0 saturated heterocycles. The Morgan fingerprint density at radius 1 is 1.06 bits per heavy atom. The average molecular weight is 490 g/mol. The smallest absolute Gasteiger partial charge is 0.475 e. The van der Waals surface area contributed by atoms with E-state index in [0.717, 1.165) is 30.9 Å². The molecule has 0 aliphatic heterocycles. The molecule has 1 fully saturated rings. The lowest BCUT2D eigenvalue weighted by Crippen LogP contribution is -2.35. The van der Waals surface area contributed by atoms with Gasteiger partial charge < -0.3 is 10.4 Å². The summed E-state index contributed by atoms with van der Waals surface area (Å²) in [6.07, 6.45) is -2.65. The van der Waals surface area contributed by atoms with Crippen LogP contribution in [0.1, 0.15) is 31.7 Å². The van der Waals surface area contributed by atoms with Crippen LogP contribution in [0.3, 0.4) is 0 Å². The van der Waals surface area contributed by atoms with Crippen LogP contribution in [-0.4, -0.2) is 38.1 Å². The lowest BCUT2D eigenvalue weighted by atomic mass is 9.95. The zero-order valence-electron chi connectivity index (χ0n) is 17.4. The molecule has 0 unspecified atom stereocenters. The van der Waals surface area contributed by atoms with E-state index < -0.39 is 38.3 Å². The molecule has 1 aliphatic carbocycles. The van der Waals surface area contributed by atoms with Crippen molar-refractivity contribution in [3.05, 3.63) is 59.9 Å². The molecule has 1 saturated carbocycles. The van der Waals surface area contributed by atoms with Crippen molar-refractivity contribution >= 4 is 27.6 Å². The maximum absolute atomic E-state index is 13.7. The summed E-state index contributed by atoms with van der Waals surface area (Å²) in [5, 5.41) is 10.0. The number of carboxylic acids is 1. The number of anilines is 1. The first kappa shape index (κ1) is 26.1. The van der Waals surface area contributed by atoms with Crippen LogP contribution >= 0.6 is 0 Å². The van der Waals surface area contributed by atoms with Gasteiger partial charge in [-0.25, -0.2) is 17.6 Å². The molecule has 1 aliphatic rings. The van der Waals surface area contributed by atoms with Crippen LogP contribution in [0.15, 0.2) is 53.4 Å². The molecule has 33 heavy (non-hydrogen) atoms. The fraction of sp³-hybridized carbons (Fsp3) is 0.333. The zero-order chi connectivity index (χ0) is 24.9. The maximum Gasteiger partial charge on any atom is 0.490 e. The predicted octanol–water partition coefficient (Wildman–Crippen LogP) is 3.82. The molecule has 0 atom stereocenters. The Morgan fingerprint density at radius 3 is 2.06 bits per heavy atom. The number of carbonyl (C=O) groups excluding carboxylic acids is 1. The number of benzene rings is 2. The molecule has 0 heterocycles. The first-order valence-corrected chi connectivity index (χ1v) is 11.3. The summed E-state index contributed by atoms with van der Waals surface area (Å²) in [6, 6.07) is 11.9. The minimum atomic E-state index is -5.08. The standard InChI is InChI=1S/C19H21FN2O3S.C2HF3O2/c1-2-13-21-18(23)19(11-12-19)14-7-9-15(10-8-14)22-26(24,25)17-6-4-3-5-16(17)20;3-2(4,5)1(6)7/h3-10,22H,2,11-13H2,1H3,(H,21,23);(H,6,7). The van der Waals surface area contributed by atoms with E-state index in [1.54, 1.807) is 24.3 Å². The summed E-state index contributed by atoms with van der Waals surface area (Å²) < 4.78 is 72.5. The topological polar surface area (TPSA) is 113 Å². The summed E-state index contributed by atoms with van der Waals surface area (Å²) in [7, 11) is -4.01. The molecule has 1 amide bonds. The number of rotatable bonds is 7. The maximum atomic E-state index is 13.7. The third-order valence-electron chi connectivity index (χ3n) is 4.78. The molecule has 7 nitrogen and oxygen atoms in total. The number of hydrogen-bond donors (Lipinski definition) is 3. The number of nitrogens with one attached hydrogen (secondary N) is 2. The summed E-state index contributed by atoms with van der Waals surface area (Å²) in [6.45, 7) is 2.64. The van der Waals surface area contributed by atoms with Gasteiger partial charge in [0.2, 0.25) is 5.91 Å². The Morgan fingerprint density at radius 2 is 1.61 bits per heavy atom. The minimum Gasteiger partial charge on any atom is -0.475 e. The molecule has 3 N–H and O–H groups in total. The van der Waals surface area contributed by atoms with E-state index in [0.29, 0.717) is 12.2 Å². The van der Waals surface area contributed by atoms with Crippen LogP contribution in [0.5, 0.6) is 0 Å². The van der Waals surface area contributed by atoms with E-state index in [1.807, 2.05) is 6.92 Å². The molecule has 0 aromatic heterocycles. The van der Waals surface area contributed by atoms with Gasteiger partial charge in [0.25, 0.3) is 10.0 Å². The third-order valence-corrected chi connectivity index (χ3v) is 6.19. The SMILES string of the molecule is CCCNC(=O)C1(c2ccc(NS(=O)(=O)c3ccccc3F)cc2)CC1.O=C(O)C(F)(F)F. The highest BCUT2D eigenvalue weighted by molar-refractivity contribution is 7.92. The largest absolute Gasteiger partial charge is 0.490 e. The number of halogens is 4. The molecule has 2 aromatic rings.